The molecule has 0 bridgehead atoms. The molecule has 0 aliphatic carbocycles. The molecular weight excluding hydrogens is 180 g/mol. The molecule has 1 unspecified atom stereocenters. The van der Waals surface area contributed by atoms with Gasteiger partial charge in [-0.3, -0.25) is 0 Å². The van der Waals surface area contributed by atoms with E-state index in [4.69, 9.17) is 9.47 Å². The second kappa shape index (κ2) is 8.17. The molecule has 4 nitrogen and oxygen atoms in total. The third kappa shape index (κ3) is 5.54. The SMILES string of the molecule is C1COCCN1.CCC1CNCCO1. The van der Waals surface area contributed by atoms with Crippen molar-refractivity contribution in [2.24, 2.45) is 0 Å². The summed E-state index contributed by atoms with van der Waals surface area (Å²) >= 11 is 0. The summed E-state index contributed by atoms with van der Waals surface area (Å²) in [4.78, 5) is 0. The van der Waals surface area contributed by atoms with E-state index in [1.807, 2.05) is 0 Å². The van der Waals surface area contributed by atoms with Crippen molar-refractivity contribution in [3.05, 3.63) is 0 Å². The van der Waals surface area contributed by atoms with Crippen LogP contribution in [0.1, 0.15) is 13.3 Å². The molecule has 0 saturated carbocycles. The van der Waals surface area contributed by atoms with Crippen LogP contribution in [0.15, 0.2) is 0 Å². The van der Waals surface area contributed by atoms with Crippen LogP contribution in [0.5, 0.6) is 0 Å². The summed E-state index contributed by atoms with van der Waals surface area (Å²) in [5, 5.41) is 6.42. The maximum absolute atomic E-state index is 5.36. The third-order valence-electron chi connectivity index (χ3n) is 2.31. The van der Waals surface area contributed by atoms with Crippen molar-refractivity contribution in [3.8, 4) is 0 Å². The third-order valence-corrected chi connectivity index (χ3v) is 2.31. The highest BCUT2D eigenvalue weighted by Gasteiger charge is 2.08. The summed E-state index contributed by atoms with van der Waals surface area (Å²) in [5.74, 6) is 0. The summed E-state index contributed by atoms with van der Waals surface area (Å²) in [5.41, 5.74) is 0. The van der Waals surface area contributed by atoms with Crippen LogP contribution in [0.2, 0.25) is 0 Å². The van der Waals surface area contributed by atoms with E-state index in [1.54, 1.807) is 0 Å². The van der Waals surface area contributed by atoms with E-state index in [2.05, 4.69) is 17.6 Å². The fraction of sp³-hybridized carbons (Fsp3) is 1.00. The van der Waals surface area contributed by atoms with Crippen LogP contribution < -0.4 is 10.6 Å². The van der Waals surface area contributed by atoms with Crippen LogP contribution >= 0.6 is 0 Å². The van der Waals surface area contributed by atoms with E-state index in [1.165, 1.54) is 0 Å². The normalized spacial score (nSPS) is 27.6. The van der Waals surface area contributed by atoms with Gasteiger partial charge in [0.15, 0.2) is 0 Å². The van der Waals surface area contributed by atoms with E-state index in [0.717, 1.165) is 52.4 Å². The zero-order valence-electron chi connectivity index (χ0n) is 9.05. The van der Waals surface area contributed by atoms with Gasteiger partial charge in [0.05, 0.1) is 25.9 Å². The molecule has 0 aromatic carbocycles. The van der Waals surface area contributed by atoms with Crippen molar-refractivity contribution in [1.29, 1.82) is 0 Å². The van der Waals surface area contributed by atoms with Gasteiger partial charge in [-0.25, -0.2) is 0 Å². The molecule has 0 aromatic rings. The van der Waals surface area contributed by atoms with Crippen LogP contribution in [0.25, 0.3) is 0 Å². The average Bonchev–Trinajstić information content (AvgIpc) is 2.33. The monoisotopic (exact) mass is 202 g/mol. The highest BCUT2D eigenvalue weighted by atomic mass is 16.5. The maximum Gasteiger partial charge on any atom is 0.0697 e. The summed E-state index contributed by atoms with van der Waals surface area (Å²) in [7, 11) is 0. The Kier molecular flexibility index (Phi) is 6.95. The molecule has 2 aliphatic rings. The molecule has 2 aliphatic heterocycles. The Labute approximate surface area is 86.3 Å². The zero-order chi connectivity index (χ0) is 10.1. The highest BCUT2D eigenvalue weighted by molar-refractivity contribution is 4.63. The molecule has 2 saturated heterocycles. The first kappa shape index (κ1) is 11.9. The molecule has 0 radical (unpaired) electrons. The van der Waals surface area contributed by atoms with Gasteiger partial charge in [-0.05, 0) is 6.42 Å². The first-order chi connectivity index (χ1) is 6.93. The molecule has 1 atom stereocenters. The zero-order valence-corrected chi connectivity index (χ0v) is 9.05. The Bertz CT molecular complexity index is 112. The van der Waals surface area contributed by atoms with Crippen molar-refractivity contribution in [2.45, 2.75) is 19.4 Å². The molecule has 0 spiro atoms. The average molecular weight is 202 g/mol. The number of hydrogen-bond donors (Lipinski definition) is 2. The van der Waals surface area contributed by atoms with Gasteiger partial charge in [0.2, 0.25) is 0 Å². The summed E-state index contributed by atoms with van der Waals surface area (Å²) < 4.78 is 10.4. The van der Waals surface area contributed by atoms with Gasteiger partial charge in [0, 0.05) is 26.2 Å². The van der Waals surface area contributed by atoms with Crippen molar-refractivity contribution < 1.29 is 9.47 Å². The number of nitrogens with one attached hydrogen (secondary N) is 2. The Balaban J connectivity index is 0.000000146. The van der Waals surface area contributed by atoms with E-state index in [9.17, 15) is 0 Å². The fourth-order valence-electron chi connectivity index (χ4n) is 1.40. The van der Waals surface area contributed by atoms with Crippen LogP contribution in [0.4, 0.5) is 0 Å². The summed E-state index contributed by atoms with van der Waals surface area (Å²) in [6, 6.07) is 0. The van der Waals surface area contributed by atoms with Crippen LogP contribution in [0, 0.1) is 0 Å². The minimum Gasteiger partial charge on any atom is -0.379 e. The Morgan fingerprint density at radius 2 is 1.79 bits per heavy atom. The predicted molar refractivity (Wildman–Crippen MR) is 56.6 cm³/mol. The van der Waals surface area contributed by atoms with Gasteiger partial charge in [-0.2, -0.15) is 0 Å². The van der Waals surface area contributed by atoms with Gasteiger partial charge in [0.1, 0.15) is 0 Å². The molecule has 2 heterocycles. The topological polar surface area (TPSA) is 42.5 Å². The molecular formula is C10H22N2O2. The lowest BCUT2D eigenvalue weighted by Crippen LogP contribution is -2.37. The highest BCUT2D eigenvalue weighted by Crippen LogP contribution is 1.98. The second-order valence-electron chi connectivity index (χ2n) is 3.47. The standard InChI is InChI=1S/C6H13NO.C4H9NO/c1-2-6-5-7-3-4-8-6;1-3-6-4-2-5-1/h6-7H,2-5H2,1H3;5H,1-4H2. The Morgan fingerprint density at radius 1 is 1.07 bits per heavy atom. The first-order valence-electron chi connectivity index (χ1n) is 5.54. The lowest BCUT2D eigenvalue weighted by Gasteiger charge is -2.21. The largest absolute Gasteiger partial charge is 0.379 e. The maximum atomic E-state index is 5.36. The van der Waals surface area contributed by atoms with Crippen LogP contribution in [0.3, 0.4) is 0 Å². The molecule has 0 aromatic heterocycles. The van der Waals surface area contributed by atoms with Gasteiger partial charge >= 0.3 is 0 Å². The number of hydrogen-bond acceptors (Lipinski definition) is 4. The Morgan fingerprint density at radius 3 is 2.07 bits per heavy atom. The second-order valence-corrected chi connectivity index (χ2v) is 3.47. The number of morpholine rings is 2. The van der Waals surface area contributed by atoms with Gasteiger partial charge in [0.25, 0.3) is 0 Å². The minimum atomic E-state index is 0.476. The fourth-order valence-corrected chi connectivity index (χ4v) is 1.40. The minimum absolute atomic E-state index is 0.476. The molecule has 84 valence electrons. The van der Waals surface area contributed by atoms with E-state index < -0.39 is 0 Å². The lowest BCUT2D eigenvalue weighted by molar-refractivity contribution is 0.0267. The number of ether oxygens (including phenoxy) is 2. The van der Waals surface area contributed by atoms with Gasteiger partial charge in [-0.1, -0.05) is 6.92 Å². The van der Waals surface area contributed by atoms with E-state index >= 15 is 0 Å². The van der Waals surface area contributed by atoms with Crippen LogP contribution in [-0.4, -0.2) is 52.1 Å². The summed E-state index contributed by atoms with van der Waals surface area (Å²) in [6.07, 6.45) is 1.61. The molecule has 14 heavy (non-hydrogen) atoms. The van der Waals surface area contributed by atoms with Gasteiger partial charge in [-0.15, -0.1) is 0 Å². The van der Waals surface area contributed by atoms with Crippen LogP contribution in [-0.2, 0) is 9.47 Å². The Hall–Kier alpha value is -0.160. The van der Waals surface area contributed by atoms with Gasteiger partial charge < -0.3 is 20.1 Å². The smallest absolute Gasteiger partial charge is 0.0697 e. The lowest BCUT2D eigenvalue weighted by atomic mass is 10.2. The summed E-state index contributed by atoms with van der Waals surface area (Å²) in [6.45, 7) is 8.93. The predicted octanol–water partition coefficient (Wildman–Crippen LogP) is -0.00900. The first-order valence-corrected chi connectivity index (χ1v) is 5.54. The van der Waals surface area contributed by atoms with Crippen molar-refractivity contribution >= 4 is 0 Å². The van der Waals surface area contributed by atoms with E-state index in [-0.39, 0.29) is 0 Å². The number of rotatable bonds is 1. The molecule has 2 fully saturated rings. The molecule has 0 amide bonds. The van der Waals surface area contributed by atoms with Crippen molar-refractivity contribution in [2.75, 3.05) is 46.0 Å². The molecule has 2 rings (SSSR count). The van der Waals surface area contributed by atoms with Crippen molar-refractivity contribution in [1.82, 2.24) is 10.6 Å². The van der Waals surface area contributed by atoms with Crippen molar-refractivity contribution in [3.63, 3.8) is 0 Å². The molecule has 4 heteroatoms. The quantitative estimate of drug-likeness (QED) is 0.628. The van der Waals surface area contributed by atoms with E-state index in [0.29, 0.717) is 6.10 Å². The molecule has 2 N–H and O–H groups in total.